The Balaban J connectivity index is 2.23. The van der Waals surface area contributed by atoms with Crippen LogP contribution in [0.4, 0.5) is 0 Å². The molecule has 0 bridgehead atoms. The number of aliphatic hydroxyl groups excluding tert-OH is 1. The normalized spacial score (nSPS) is 11.3. The van der Waals surface area contributed by atoms with Crippen molar-refractivity contribution in [2.45, 2.75) is 6.92 Å². The Morgan fingerprint density at radius 1 is 0.944 bits per heavy atom. The van der Waals surface area contributed by atoms with Crippen LogP contribution in [-0.4, -0.2) is 10.9 Å². The summed E-state index contributed by atoms with van der Waals surface area (Å²) >= 11 is 0. The number of benzene rings is 2. The summed E-state index contributed by atoms with van der Waals surface area (Å²) in [5.74, 6) is -0.211. The SMILES string of the molecule is Cc1ccc(/C(O)=C/C(=O)c2ccccc2)cc1. The Bertz CT molecular complexity index is 566. The summed E-state index contributed by atoms with van der Waals surface area (Å²) in [5.41, 5.74) is 2.32. The first kappa shape index (κ1) is 12.1. The molecular formula is C16H14O2. The van der Waals surface area contributed by atoms with Crippen molar-refractivity contribution in [1.82, 2.24) is 0 Å². The number of aryl methyl sites for hydroxylation is 1. The van der Waals surface area contributed by atoms with Crippen LogP contribution in [0.2, 0.25) is 0 Å². The van der Waals surface area contributed by atoms with Crippen LogP contribution in [0.15, 0.2) is 60.7 Å². The first-order chi connectivity index (χ1) is 8.66. The van der Waals surface area contributed by atoms with E-state index in [-0.39, 0.29) is 11.5 Å². The number of carbonyl (C=O) groups excluding carboxylic acids is 1. The smallest absolute Gasteiger partial charge is 0.189 e. The number of rotatable bonds is 3. The Hall–Kier alpha value is -2.35. The summed E-state index contributed by atoms with van der Waals surface area (Å²) in [6, 6.07) is 16.3. The molecule has 0 aliphatic rings. The van der Waals surface area contributed by atoms with E-state index < -0.39 is 0 Å². The predicted octanol–water partition coefficient (Wildman–Crippen LogP) is 3.78. The molecule has 0 atom stereocenters. The highest BCUT2D eigenvalue weighted by Crippen LogP contribution is 2.13. The van der Waals surface area contributed by atoms with Gasteiger partial charge in [-0.25, -0.2) is 0 Å². The fourth-order valence-electron chi connectivity index (χ4n) is 1.62. The minimum atomic E-state index is -0.200. The summed E-state index contributed by atoms with van der Waals surface area (Å²) in [7, 11) is 0. The first-order valence-electron chi connectivity index (χ1n) is 5.74. The van der Waals surface area contributed by atoms with Crippen molar-refractivity contribution in [2.75, 3.05) is 0 Å². The summed E-state index contributed by atoms with van der Waals surface area (Å²) in [6.45, 7) is 1.97. The second-order valence-corrected chi connectivity index (χ2v) is 4.13. The summed E-state index contributed by atoms with van der Waals surface area (Å²) in [5, 5.41) is 9.88. The van der Waals surface area contributed by atoms with E-state index in [0.29, 0.717) is 11.1 Å². The highest BCUT2D eigenvalue weighted by molar-refractivity contribution is 6.07. The standard InChI is InChI=1S/C16H14O2/c1-12-7-9-14(10-8-12)16(18)11-15(17)13-5-3-2-4-6-13/h2-11,18H,1H3/b16-11-. The molecule has 0 unspecified atom stereocenters. The van der Waals surface area contributed by atoms with Gasteiger partial charge < -0.3 is 5.11 Å². The van der Waals surface area contributed by atoms with Gasteiger partial charge in [-0.3, -0.25) is 4.79 Å². The van der Waals surface area contributed by atoms with Gasteiger partial charge in [-0.15, -0.1) is 0 Å². The van der Waals surface area contributed by atoms with Crippen LogP contribution in [0.3, 0.4) is 0 Å². The number of ketones is 1. The molecule has 1 N–H and O–H groups in total. The van der Waals surface area contributed by atoms with Crippen LogP contribution in [0.1, 0.15) is 21.5 Å². The third-order valence-electron chi connectivity index (χ3n) is 2.67. The third-order valence-corrected chi connectivity index (χ3v) is 2.67. The average Bonchev–Trinajstić information content (AvgIpc) is 2.40. The molecule has 0 aliphatic carbocycles. The molecule has 0 aliphatic heterocycles. The molecule has 0 aromatic heterocycles. The van der Waals surface area contributed by atoms with Crippen molar-refractivity contribution in [2.24, 2.45) is 0 Å². The van der Waals surface area contributed by atoms with E-state index in [2.05, 4.69) is 0 Å². The van der Waals surface area contributed by atoms with Crippen molar-refractivity contribution in [3.63, 3.8) is 0 Å². The van der Waals surface area contributed by atoms with E-state index in [1.165, 1.54) is 6.08 Å². The molecule has 2 heteroatoms. The Kier molecular flexibility index (Phi) is 3.58. The highest BCUT2D eigenvalue weighted by Gasteiger charge is 2.05. The Labute approximate surface area is 106 Å². The molecule has 0 saturated heterocycles. The number of hydrogen-bond donors (Lipinski definition) is 1. The van der Waals surface area contributed by atoms with Gasteiger partial charge in [0.1, 0.15) is 5.76 Å². The van der Waals surface area contributed by atoms with Gasteiger partial charge in [-0.2, -0.15) is 0 Å². The van der Waals surface area contributed by atoms with Gasteiger partial charge in [0.15, 0.2) is 5.78 Å². The van der Waals surface area contributed by atoms with Crippen LogP contribution in [0.25, 0.3) is 5.76 Å². The zero-order chi connectivity index (χ0) is 13.0. The number of carbonyl (C=O) groups is 1. The van der Waals surface area contributed by atoms with Crippen molar-refractivity contribution in [1.29, 1.82) is 0 Å². The molecule has 0 saturated carbocycles. The van der Waals surface area contributed by atoms with E-state index in [1.807, 2.05) is 25.1 Å². The molecule has 2 nitrogen and oxygen atoms in total. The van der Waals surface area contributed by atoms with Gasteiger partial charge in [0, 0.05) is 17.2 Å². The number of aliphatic hydroxyl groups is 1. The van der Waals surface area contributed by atoms with Crippen LogP contribution < -0.4 is 0 Å². The van der Waals surface area contributed by atoms with E-state index in [0.717, 1.165) is 5.56 Å². The maximum absolute atomic E-state index is 11.9. The van der Waals surface area contributed by atoms with Gasteiger partial charge in [0.05, 0.1) is 0 Å². The molecule has 0 spiro atoms. The lowest BCUT2D eigenvalue weighted by Gasteiger charge is -2.01. The van der Waals surface area contributed by atoms with Crippen LogP contribution in [-0.2, 0) is 0 Å². The Morgan fingerprint density at radius 3 is 2.17 bits per heavy atom. The molecule has 2 aromatic carbocycles. The molecule has 18 heavy (non-hydrogen) atoms. The maximum atomic E-state index is 11.9. The van der Waals surface area contributed by atoms with E-state index in [1.54, 1.807) is 36.4 Å². The predicted molar refractivity (Wildman–Crippen MR) is 72.6 cm³/mol. The van der Waals surface area contributed by atoms with Crippen molar-refractivity contribution in [3.8, 4) is 0 Å². The quantitative estimate of drug-likeness (QED) is 0.502. The minimum absolute atomic E-state index is 0.0103. The van der Waals surface area contributed by atoms with E-state index >= 15 is 0 Å². The molecule has 2 rings (SSSR count). The van der Waals surface area contributed by atoms with E-state index in [9.17, 15) is 9.90 Å². The lowest BCUT2D eigenvalue weighted by Crippen LogP contribution is -1.96. The van der Waals surface area contributed by atoms with Crippen molar-refractivity contribution in [3.05, 3.63) is 77.4 Å². The lowest BCUT2D eigenvalue weighted by atomic mass is 10.1. The van der Waals surface area contributed by atoms with Crippen LogP contribution >= 0.6 is 0 Å². The zero-order valence-corrected chi connectivity index (χ0v) is 10.1. The number of hydrogen-bond acceptors (Lipinski definition) is 2. The van der Waals surface area contributed by atoms with Crippen LogP contribution in [0.5, 0.6) is 0 Å². The second kappa shape index (κ2) is 5.32. The van der Waals surface area contributed by atoms with Gasteiger partial charge in [-0.1, -0.05) is 60.2 Å². The highest BCUT2D eigenvalue weighted by atomic mass is 16.3. The molecule has 0 heterocycles. The number of allylic oxidation sites excluding steroid dienone is 1. The summed E-state index contributed by atoms with van der Waals surface area (Å²) in [6.07, 6.45) is 1.25. The van der Waals surface area contributed by atoms with Crippen molar-refractivity contribution >= 4 is 11.5 Å². The molecule has 0 radical (unpaired) electrons. The average molecular weight is 238 g/mol. The molecule has 90 valence electrons. The minimum Gasteiger partial charge on any atom is -0.507 e. The van der Waals surface area contributed by atoms with Crippen molar-refractivity contribution < 1.29 is 9.90 Å². The first-order valence-corrected chi connectivity index (χ1v) is 5.74. The third kappa shape index (κ3) is 2.86. The lowest BCUT2D eigenvalue weighted by molar-refractivity contribution is 0.104. The summed E-state index contributed by atoms with van der Waals surface area (Å²) < 4.78 is 0. The topological polar surface area (TPSA) is 37.3 Å². The monoisotopic (exact) mass is 238 g/mol. The largest absolute Gasteiger partial charge is 0.507 e. The van der Waals surface area contributed by atoms with Gasteiger partial charge in [-0.05, 0) is 6.92 Å². The van der Waals surface area contributed by atoms with E-state index in [4.69, 9.17) is 0 Å². The van der Waals surface area contributed by atoms with Gasteiger partial charge in [0.2, 0.25) is 0 Å². The van der Waals surface area contributed by atoms with Gasteiger partial charge in [0.25, 0.3) is 0 Å². The Morgan fingerprint density at radius 2 is 1.56 bits per heavy atom. The summed E-state index contributed by atoms with van der Waals surface area (Å²) in [4.78, 5) is 11.9. The molecule has 2 aromatic rings. The molecule has 0 amide bonds. The second-order valence-electron chi connectivity index (χ2n) is 4.13. The van der Waals surface area contributed by atoms with Crippen LogP contribution in [0, 0.1) is 6.92 Å². The molecular weight excluding hydrogens is 224 g/mol. The maximum Gasteiger partial charge on any atom is 0.189 e. The zero-order valence-electron chi connectivity index (χ0n) is 10.1. The fourth-order valence-corrected chi connectivity index (χ4v) is 1.62. The molecule has 0 fully saturated rings. The fraction of sp³-hybridized carbons (Fsp3) is 0.0625. The van der Waals surface area contributed by atoms with Gasteiger partial charge >= 0.3 is 0 Å².